The van der Waals surface area contributed by atoms with E-state index in [2.05, 4.69) is 0 Å². The zero-order valence-electron chi connectivity index (χ0n) is 13.6. The summed E-state index contributed by atoms with van der Waals surface area (Å²) >= 11 is 0. The van der Waals surface area contributed by atoms with Gasteiger partial charge in [-0.1, -0.05) is 0 Å². The van der Waals surface area contributed by atoms with E-state index in [4.69, 9.17) is 15.2 Å². The fourth-order valence-electron chi connectivity index (χ4n) is 2.36. The maximum Gasteiger partial charge on any atom is 0.186 e. The highest BCUT2D eigenvalue weighted by atomic mass is 16.5. The second-order valence-electron chi connectivity index (χ2n) is 5.82. The fraction of sp³-hybridized carbons (Fsp3) is 0.353. The molecule has 0 aliphatic carbocycles. The molecule has 2 N–H and O–H groups in total. The van der Waals surface area contributed by atoms with E-state index in [1.807, 2.05) is 37.5 Å². The summed E-state index contributed by atoms with van der Waals surface area (Å²) in [5, 5.41) is 0. The van der Waals surface area contributed by atoms with Gasteiger partial charge in [0.15, 0.2) is 5.43 Å². The Bertz CT molecular complexity index is 743. The Morgan fingerprint density at radius 1 is 1.14 bits per heavy atom. The van der Waals surface area contributed by atoms with Crippen molar-refractivity contribution in [3.63, 3.8) is 0 Å². The van der Waals surface area contributed by atoms with Crippen molar-refractivity contribution in [1.29, 1.82) is 0 Å². The molecule has 1 aromatic heterocycles. The Balaban J connectivity index is 2.70. The van der Waals surface area contributed by atoms with E-state index < -0.39 is 5.54 Å². The summed E-state index contributed by atoms with van der Waals surface area (Å²) in [4.78, 5) is 12.2. The van der Waals surface area contributed by atoms with E-state index in [0.717, 1.165) is 11.4 Å². The molecule has 0 fully saturated rings. The summed E-state index contributed by atoms with van der Waals surface area (Å²) in [6.07, 6.45) is 1.78. The van der Waals surface area contributed by atoms with Crippen LogP contribution >= 0.6 is 0 Å². The van der Waals surface area contributed by atoms with Crippen LogP contribution in [0.3, 0.4) is 0 Å². The van der Waals surface area contributed by atoms with Crippen LogP contribution in [0.1, 0.15) is 25.1 Å². The molecule has 0 aliphatic rings. The molecule has 5 heteroatoms. The molecule has 2 rings (SSSR count). The first-order valence-corrected chi connectivity index (χ1v) is 7.03. The monoisotopic (exact) mass is 302 g/mol. The number of pyridine rings is 1. The Morgan fingerprint density at radius 3 is 2.36 bits per heavy atom. The van der Waals surface area contributed by atoms with Crippen molar-refractivity contribution in [3.8, 4) is 17.2 Å². The average Bonchev–Trinajstić information content (AvgIpc) is 2.45. The number of rotatable bonds is 4. The van der Waals surface area contributed by atoms with Gasteiger partial charge >= 0.3 is 0 Å². The molecule has 22 heavy (non-hydrogen) atoms. The van der Waals surface area contributed by atoms with Gasteiger partial charge in [-0.2, -0.15) is 0 Å². The average molecular weight is 302 g/mol. The van der Waals surface area contributed by atoms with Crippen LogP contribution < -0.4 is 20.6 Å². The first kappa shape index (κ1) is 16.1. The SMILES string of the molecule is COc1ccc(-n2cc(C(C)(C)N)c(=O)cc2C)c(OC)c1. The van der Waals surface area contributed by atoms with E-state index in [1.165, 1.54) is 0 Å². The van der Waals surface area contributed by atoms with Crippen molar-refractivity contribution in [2.45, 2.75) is 26.3 Å². The third-order valence-electron chi connectivity index (χ3n) is 3.58. The van der Waals surface area contributed by atoms with E-state index in [-0.39, 0.29) is 5.43 Å². The largest absolute Gasteiger partial charge is 0.497 e. The topological polar surface area (TPSA) is 66.5 Å². The number of hydrogen-bond acceptors (Lipinski definition) is 4. The summed E-state index contributed by atoms with van der Waals surface area (Å²) in [5.74, 6) is 1.37. The van der Waals surface area contributed by atoms with Gasteiger partial charge < -0.3 is 19.8 Å². The minimum atomic E-state index is -0.716. The van der Waals surface area contributed by atoms with Crippen molar-refractivity contribution in [2.24, 2.45) is 5.73 Å². The van der Waals surface area contributed by atoms with Gasteiger partial charge in [0.2, 0.25) is 0 Å². The second-order valence-corrected chi connectivity index (χ2v) is 5.82. The zero-order chi connectivity index (χ0) is 16.5. The summed E-state index contributed by atoms with van der Waals surface area (Å²) < 4.78 is 12.6. The highest BCUT2D eigenvalue weighted by molar-refractivity contribution is 5.52. The molecular formula is C17H22N2O3. The number of nitrogens with two attached hydrogens (primary N) is 1. The van der Waals surface area contributed by atoms with Crippen molar-refractivity contribution >= 4 is 0 Å². The van der Waals surface area contributed by atoms with E-state index in [1.54, 1.807) is 32.5 Å². The van der Waals surface area contributed by atoms with Gasteiger partial charge in [-0.3, -0.25) is 4.79 Å². The van der Waals surface area contributed by atoms with Gasteiger partial charge in [-0.25, -0.2) is 0 Å². The third kappa shape index (κ3) is 2.99. The highest BCUT2D eigenvalue weighted by Gasteiger charge is 2.20. The molecule has 0 saturated carbocycles. The number of benzene rings is 1. The molecule has 0 spiro atoms. The number of aryl methyl sites for hydroxylation is 1. The summed E-state index contributed by atoms with van der Waals surface area (Å²) in [6, 6.07) is 7.14. The van der Waals surface area contributed by atoms with Gasteiger partial charge in [-0.15, -0.1) is 0 Å². The summed E-state index contributed by atoms with van der Waals surface area (Å²) in [5.41, 5.74) is 7.51. The Morgan fingerprint density at radius 2 is 1.82 bits per heavy atom. The predicted octanol–water partition coefficient (Wildman–Crippen LogP) is 2.36. The molecule has 0 radical (unpaired) electrons. The summed E-state index contributed by atoms with van der Waals surface area (Å²) in [7, 11) is 3.21. The molecule has 2 aromatic rings. The first-order valence-electron chi connectivity index (χ1n) is 7.03. The van der Waals surface area contributed by atoms with E-state index in [9.17, 15) is 4.79 Å². The number of aromatic nitrogens is 1. The maximum absolute atomic E-state index is 12.2. The lowest BCUT2D eigenvalue weighted by Gasteiger charge is -2.22. The van der Waals surface area contributed by atoms with Crippen LogP contribution in [0.4, 0.5) is 0 Å². The molecule has 118 valence electrons. The molecule has 5 nitrogen and oxygen atoms in total. The number of hydrogen-bond donors (Lipinski definition) is 1. The number of methoxy groups -OCH3 is 2. The van der Waals surface area contributed by atoms with E-state index in [0.29, 0.717) is 17.1 Å². The van der Waals surface area contributed by atoms with Gasteiger partial charge in [0.1, 0.15) is 11.5 Å². The van der Waals surface area contributed by atoms with Crippen LogP contribution in [-0.4, -0.2) is 18.8 Å². The molecule has 0 amide bonds. The van der Waals surface area contributed by atoms with Gasteiger partial charge in [-0.05, 0) is 32.9 Å². The molecule has 1 heterocycles. The van der Waals surface area contributed by atoms with Crippen molar-refractivity contribution < 1.29 is 9.47 Å². The van der Waals surface area contributed by atoms with Gasteiger partial charge in [0.05, 0.1) is 19.9 Å². The Hall–Kier alpha value is -2.27. The van der Waals surface area contributed by atoms with Crippen molar-refractivity contribution in [1.82, 2.24) is 4.57 Å². The number of nitrogens with zero attached hydrogens (tertiary/aromatic N) is 1. The van der Waals surface area contributed by atoms with Gasteiger partial charge in [0, 0.05) is 35.1 Å². The molecule has 0 unspecified atom stereocenters. The molecule has 0 saturated heterocycles. The lowest BCUT2D eigenvalue weighted by atomic mass is 9.96. The standard InChI is InChI=1S/C17H22N2O3/c1-11-8-15(20)13(17(2,3)18)10-19(11)14-7-6-12(21-4)9-16(14)22-5/h6-10H,18H2,1-5H3. The van der Waals surface area contributed by atoms with E-state index >= 15 is 0 Å². The Kier molecular flexibility index (Phi) is 4.28. The second kappa shape index (κ2) is 5.85. The van der Waals surface area contributed by atoms with Crippen LogP contribution in [0.25, 0.3) is 5.69 Å². The van der Waals surface area contributed by atoms with Gasteiger partial charge in [0.25, 0.3) is 0 Å². The molecule has 0 aliphatic heterocycles. The minimum Gasteiger partial charge on any atom is -0.497 e. The van der Waals surface area contributed by atoms with Crippen LogP contribution in [0.15, 0.2) is 35.3 Å². The van der Waals surface area contributed by atoms with Crippen LogP contribution in [-0.2, 0) is 5.54 Å². The fourth-order valence-corrected chi connectivity index (χ4v) is 2.36. The maximum atomic E-state index is 12.2. The van der Waals surface area contributed by atoms with Crippen LogP contribution in [0, 0.1) is 6.92 Å². The van der Waals surface area contributed by atoms with Crippen LogP contribution in [0.5, 0.6) is 11.5 Å². The molecule has 1 aromatic carbocycles. The smallest absolute Gasteiger partial charge is 0.186 e. The molecule has 0 bridgehead atoms. The highest BCUT2D eigenvalue weighted by Crippen LogP contribution is 2.29. The third-order valence-corrected chi connectivity index (χ3v) is 3.58. The lowest BCUT2D eigenvalue weighted by molar-refractivity contribution is 0.393. The lowest BCUT2D eigenvalue weighted by Crippen LogP contribution is -2.35. The van der Waals surface area contributed by atoms with Crippen LogP contribution in [0.2, 0.25) is 0 Å². The normalized spacial score (nSPS) is 11.4. The summed E-state index contributed by atoms with van der Waals surface area (Å²) in [6.45, 7) is 5.50. The Labute approximate surface area is 130 Å². The quantitative estimate of drug-likeness (QED) is 0.941. The first-order chi connectivity index (χ1) is 10.3. The van der Waals surface area contributed by atoms with Crippen molar-refractivity contribution in [3.05, 3.63) is 51.9 Å². The predicted molar refractivity (Wildman–Crippen MR) is 87.1 cm³/mol. The number of ether oxygens (including phenoxy) is 2. The minimum absolute atomic E-state index is 0.0614. The zero-order valence-corrected chi connectivity index (χ0v) is 13.6. The van der Waals surface area contributed by atoms with Crippen molar-refractivity contribution in [2.75, 3.05) is 14.2 Å². The molecule has 0 atom stereocenters. The molecular weight excluding hydrogens is 280 g/mol.